The molecule has 0 saturated heterocycles. The standard InChI is InChI=1S/C9H9F2NO4/c1-15-4-3-12-6(9(14)16-2)5(7(4)13)8(10)11/h3,8H,1-2H3,(H,12,13). The summed E-state index contributed by atoms with van der Waals surface area (Å²) in [7, 11) is 2.19. The van der Waals surface area contributed by atoms with Crippen LogP contribution in [0.15, 0.2) is 11.0 Å². The number of methoxy groups -OCH3 is 2. The zero-order chi connectivity index (χ0) is 12.3. The van der Waals surface area contributed by atoms with E-state index in [1.54, 1.807) is 0 Å². The van der Waals surface area contributed by atoms with Crippen LogP contribution in [0.5, 0.6) is 5.75 Å². The van der Waals surface area contributed by atoms with Gasteiger partial charge in [-0.05, 0) is 0 Å². The first-order valence-corrected chi connectivity index (χ1v) is 4.19. The third kappa shape index (κ3) is 2.02. The van der Waals surface area contributed by atoms with Crippen LogP contribution in [0.25, 0.3) is 0 Å². The van der Waals surface area contributed by atoms with Crippen molar-refractivity contribution in [3.8, 4) is 5.75 Å². The van der Waals surface area contributed by atoms with Gasteiger partial charge in [0.2, 0.25) is 5.43 Å². The molecular weight excluding hydrogens is 224 g/mol. The van der Waals surface area contributed by atoms with Gasteiger partial charge in [-0.15, -0.1) is 0 Å². The molecule has 0 spiro atoms. The summed E-state index contributed by atoms with van der Waals surface area (Å²) >= 11 is 0. The molecule has 1 aromatic rings. The number of alkyl halides is 2. The minimum Gasteiger partial charge on any atom is -0.491 e. The Labute approximate surface area is 89.0 Å². The number of carbonyl (C=O) groups excluding carboxylic acids is 1. The summed E-state index contributed by atoms with van der Waals surface area (Å²) in [6, 6.07) is 0. The zero-order valence-corrected chi connectivity index (χ0v) is 8.54. The van der Waals surface area contributed by atoms with E-state index in [1.807, 2.05) is 0 Å². The maximum atomic E-state index is 12.6. The largest absolute Gasteiger partial charge is 0.491 e. The van der Waals surface area contributed by atoms with E-state index in [0.29, 0.717) is 0 Å². The minimum absolute atomic E-state index is 0.289. The summed E-state index contributed by atoms with van der Waals surface area (Å²) in [6.07, 6.45) is -2.06. The van der Waals surface area contributed by atoms with E-state index in [1.165, 1.54) is 0 Å². The van der Waals surface area contributed by atoms with E-state index in [0.717, 1.165) is 20.4 Å². The van der Waals surface area contributed by atoms with Crippen molar-refractivity contribution < 1.29 is 23.0 Å². The Kier molecular flexibility index (Phi) is 3.60. The fourth-order valence-corrected chi connectivity index (χ4v) is 1.16. The zero-order valence-electron chi connectivity index (χ0n) is 8.54. The Bertz CT molecular complexity index is 455. The number of ether oxygens (including phenoxy) is 2. The van der Waals surface area contributed by atoms with Crippen LogP contribution in [0.2, 0.25) is 0 Å². The third-order valence-electron chi connectivity index (χ3n) is 1.91. The highest BCUT2D eigenvalue weighted by Gasteiger charge is 2.25. The molecular formula is C9H9F2NO4. The van der Waals surface area contributed by atoms with Gasteiger partial charge in [-0.1, -0.05) is 0 Å². The topological polar surface area (TPSA) is 68.4 Å². The summed E-state index contributed by atoms with van der Waals surface area (Å²) < 4.78 is 34.1. The van der Waals surface area contributed by atoms with E-state index < -0.39 is 29.1 Å². The lowest BCUT2D eigenvalue weighted by molar-refractivity contribution is 0.0580. The van der Waals surface area contributed by atoms with Crippen LogP contribution < -0.4 is 10.2 Å². The molecule has 16 heavy (non-hydrogen) atoms. The molecule has 7 heteroatoms. The van der Waals surface area contributed by atoms with Crippen LogP contribution >= 0.6 is 0 Å². The molecule has 1 N–H and O–H groups in total. The normalized spacial score (nSPS) is 10.3. The molecule has 0 aliphatic carbocycles. The summed E-state index contributed by atoms with van der Waals surface area (Å²) in [6.45, 7) is 0. The first-order valence-electron chi connectivity index (χ1n) is 4.19. The Morgan fingerprint density at radius 1 is 1.44 bits per heavy atom. The van der Waals surface area contributed by atoms with Crippen molar-refractivity contribution in [3.05, 3.63) is 27.7 Å². The summed E-state index contributed by atoms with van der Waals surface area (Å²) in [5.74, 6) is -1.32. The van der Waals surface area contributed by atoms with E-state index in [9.17, 15) is 18.4 Å². The lowest BCUT2D eigenvalue weighted by atomic mass is 10.2. The van der Waals surface area contributed by atoms with Crippen LogP contribution in [0, 0.1) is 0 Å². The van der Waals surface area contributed by atoms with E-state index in [4.69, 9.17) is 0 Å². The van der Waals surface area contributed by atoms with Gasteiger partial charge in [0.1, 0.15) is 5.69 Å². The maximum Gasteiger partial charge on any atom is 0.355 e. The Balaban J connectivity index is 3.47. The quantitative estimate of drug-likeness (QED) is 0.794. The highest BCUT2D eigenvalue weighted by molar-refractivity contribution is 5.89. The second-order valence-corrected chi connectivity index (χ2v) is 2.77. The van der Waals surface area contributed by atoms with E-state index in [-0.39, 0.29) is 5.75 Å². The van der Waals surface area contributed by atoms with Crippen LogP contribution in [0.4, 0.5) is 8.78 Å². The molecule has 0 radical (unpaired) electrons. The number of hydrogen-bond acceptors (Lipinski definition) is 4. The van der Waals surface area contributed by atoms with Gasteiger partial charge >= 0.3 is 5.97 Å². The van der Waals surface area contributed by atoms with Gasteiger partial charge in [-0.25, -0.2) is 13.6 Å². The summed E-state index contributed by atoms with van der Waals surface area (Å²) in [5.41, 5.74) is -2.55. The highest BCUT2D eigenvalue weighted by Crippen LogP contribution is 2.20. The first-order chi connectivity index (χ1) is 7.52. The molecule has 1 aromatic heterocycles. The Morgan fingerprint density at radius 2 is 2.06 bits per heavy atom. The Hall–Kier alpha value is -1.92. The predicted molar refractivity (Wildman–Crippen MR) is 49.9 cm³/mol. The lowest BCUT2D eigenvalue weighted by Gasteiger charge is -2.08. The maximum absolute atomic E-state index is 12.6. The first kappa shape index (κ1) is 12.2. The average Bonchev–Trinajstić information content (AvgIpc) is 2.26. The monoisotopic (exact) mass is 233 g/mol. The van der Waals surface area contributed by atoms with Crippen LogP contribution in [-0.2, 0) is 4.74 Å². The number of hydrogen-bond donors (Lipinski definition) is 1. The van der Waals surface area contributed by atoms with Gasteiger partial charge in [0, 0.05) is 6.20 Å². The molecule has 1 heterocycles. The number of H-pyrrole nitrogens is 1. The molecule has 0 amide bonds. The predicted octanol–water partition coefficient (Wildman–Crippen LogP) is 1.11. The van der Waals surface area contributed by atoms with Crippen molar-refractivity contribution >= 4 is 5.97 Å². The second-order valence-electron chi connectivity index (χ2n) is 2.77. The second kappa shape index (κ2) is 4.73. The fourth-order valence-electron chi connectivity index (χ4n) is 1.16. The molecule has 0 saturated carbocycles. The van der Waals surface area contributed by atoms with Crippen LogP contribution in [0.3, 0.4) is 0 Å². The Morgan fingerprint density at radius 3 is 2.50 bits per heavy atom. The van der Waals surface area contributed by atoms with Crippen molar-refractivity contribution in [1.82, 2.24) is 4.98 Å². The summed E-state index contributed by atoms with van der Waals surface area (Å²) in [5, 5.41) is 0. The van der Waals surface area contributed by atoms with Crippen molar-refractivity contribution in [2.75, 3.05) is 14.2 Å². The number of halogens is 2. The molecule has 0 unspecified atom stereocenters. The van der Waals surface area contributed by atoms with Crippen molar-refractivity contribution in [2.24, 2.45) is 0 Å². The highest BCUT2D eigenvalue weighted by atomic mass is 19.3. The average molecular weight is 233 g/mol. The smallest absolute Gasteiger partial charge is 0.355 e. The number of carbonyl (C=O) groups is 1. The molecule has 0 aliphatic heterocycles. The molecule has 0 aliphatic rings. The van der Waals surface area contributed by atoms with Crippen molar-refractivity contribution in [2.45, 2.75) is 6.43 Å². The number of nitrogens with one attached hydrogen (secondary N) is 1. The number of aromatic nitrogens is 1. The number of pyridine rings is 1. The SMILES string of the molecule is COC(=O)c1[nH]cc(OC)c(=O)c1C(F)F. The number of esters is 1. The van der Waals surface area contributed by atoms with Gasteiger partial charge in [-0.2, -0.15) is 0 Å². The number of rotatable bonds is 3. The number of aromatic amines is 1. The molecule has 88 valence electrons. The van der Waals surface area contributed by atoms with Gasteiger partial charge < -0.3 is 14.5 Å². The van der Waals surface area contributed by atoms with Crippen molar-refractivity contribution in [1.29, 1.82) is 0 Å². The summed E-state index contributed by atoms with van der Waals surface area (Å²) in [4.78, 5) is 24.8. The van der Waals surface area contributed by atoms with Crippen LogP contribution in [-0.4, -0.2) is 25.2 Å². The third-order valence-corrected chi connectivity index (χ3v) is 1.91. The van der Waals surface area contributed by atoms with Crippen molar-refractivity contribution in [3.63, 3.8) is 0 Å². The van der Waals surface area contributed by atoms with Gasteiger partial charge in [-0.3, -0.25) is 4.79 Å². The van der Waals surface area contributed by atoms with Crippen LogP contribution in [0.1, 0.15) is 22.5 Å². The molecule has 0 atom stereocenters. The van der Waals surface area contributed by atoms with E-state index >= 15 is 0 Å². The van der Waals surface area contributed by atoms with Gasteiger partial charge in [0.05, 0.1) is 19.8 Å². The molecule has 1 rings (SSSR count). The lowest BCUT2D eigenvalue weighted by Crippen LogP contribution is -2.20. The molecule has 0 bridgehead atoms. The van der Waals surface area contributed by atoms with Gasteiger partial charge in [0.25, 0.3) is 6.43 Å². The molecule has 0 aromatic carbocycles. The van der Waals surface area contributed by atoms with E-state index in [2.05, 4.69) is 14.5 Å². The molecule has 0 fully saturated rings. The fraction of sp³-hybridized carbons (Fsp3) is 0.333. The van der Waals surface area contributed by atoms with Gasteiger partial charge in [0.15, 0.2) is 5.75 Å². The molecule has 5 nitrogen and oxygen atoms in total. The minimum atomic E-state index is -3.09.